The number of benzene rings is 1. The number of alkyl halides is 2. The van der Waals surface area contributed by atoms with E-state index in [1.807, 2.05) is 0 Å². The summed E-state index contributed by atoms with van der Waals surface area (Å²) >= 11 is 5.85. The van der Waals surface area contributed by atoms with Crippen LogP contribution in [0.4, 0.5) is 18.9 Å². The van der Waals surface area contributed by atoms with Crippen LogP contribution in [0.1, 0.15) is 30.1 Å². The van der Waals surface area contributed by atoms with Crippen LogP contribution in [-0.4, -0.2) is 54.3 Å². The van der Waals surface area contributed by atoms with Crippen molar-refractivity contribution in [2.75, 3.05) is 35.2 Å². The summed E-state index contributed by atoms with van der Waals surface area (Å²) in [7, 11) is -9.64. The summed E-state index contributed by atoms with van der Waals surface area (Å²) in [6.45, 7) is -0.821. The van der Waals surface area contributed by atoms with Crippen molar-refractivity contribution in [1.29, 1.82) is 0 Å². The van der Waals surface area contributed by atoms with E-state index in [-0.39, 0.29) is 10.3 Å². The lowest BCUT2D eigenvalue weighted by Crippen LogP contribution is -2.41. The lowest BCUT2D eigenvalue weighted by molar-refractivity contribution is 0.0521. The fourth-order valence-corrected chi connectivity index (χ4v) is 6.52. The van der Waals surface area contributed by atoms with Crippen molar-refractivity contribution < 1.29 is 39.5 Å². The van der Waals surface area contributed by atoms with Crippen molar-refractivity contribution in [2.45, 2.75) is 19.8 Å². The summed E-state index contributed by atoms with van der Waals surface area (Å²) in [5.74, 6) is -4.66. The second-order valence-corrected chi connectivity index (χ2v) is 9.91. The predicted octanol–water partition coefficient (Wildman–Crippen LogP) is 2.84. The number of nitrogens with zero attached hydrogens (tertiary/aromatic N) is 1. The molecule has 0 N–H and O–H groups in total. The molecule has 0 spiro atoms. The van der Waals surface area contributed by atoms with Gasteiger partial charge in [-0.25, -0.2) is 26.0 Å². The number of esters is 1. The molecule has 0 aliphatic carbocycles. The van der Waals surface area contributed by atoms with Crippen LogP contribution in [0.2, 0.25) is 5.02 Å². The number of carbonyl (C=O) groups excluding carboxylic acids is 1. The third kappa shape index (κ3) is 5.74. The average molecular weight is 466 g/mol. The SMILES string of the molecule is CCOC(=O)c1ccc(Cl)c(N(S(=O)(=O)CCCF)S(=O)(=O)CCCF)c1F. The van der Waals surface area contributed by atoms with Crippen LogP contribution in [0.5, 0.6) is 0 Å². The van der Waals surface area contributed by atoms with E-state index in [9.17, 15) is 34.8 Å². The highest BCUT2D eigenvalue weighted by Gasteiger charge is 2.38. The van der Waals surface area contributed by atoms with E-state index in [0.29, 0.717) is 0 Å². The van der Waals surface area contributed by atoms with Crippen molar-refractivity contribution in [3.05, 3.63) is 28.5 Å². The van der Waals surface area contributed by atoms with Crippen molar-refractivity contribution >= 4 is 43.3 Å². The smallest absolute Gasteiger partial charge is 0.341 e. The van der Waals surface area contributed by atoms with Gasteiger partial charge in [0.1, 0.15) is 5.69 Å². The molecule has 0 radical (unpaired) electrons. The Bertz CT molecular complexity index is 871. The molecular formula is C15H19ClF3NO6S2. The monoisotopic (exact) mass is 465 g/mol. The Balaban J connectivity index is 3.71. The first-order valence-electron chi connectivity index (χ1n) is 8.06. The summed E-state index contributed by atoms with van der Waals surface area (Å²) in [5.41, 5.74) is -1.86. The zero-order chi connectivity index (χ0) is 21.5. The van der Waals surface area contributed by atoms with Gasteiger partial charge in [0.05, 0.1) is 42.0 Å². The molecule has 0 aromatic heterocycles. The van der Waals surface area contributed by atoms with Gasteiger partial charge in [-0.1, -0.05) is 11.6 Å². The van der Waals surface area contributed by atoms with Gasteiger partial charge >= 0.3 is 5.97 Å². The number of halogens is 4. The second kappa shape index (κ2) is 10.3. The number of hydrogen-bond donors (Lipinski definition) is 0. The van der Waals surface area contributed by atoms with E-state index in [1.54, 1.807) is 0 Å². The van der Waals surface area contributed by atoms with E-state index in [1.165, 1.54) is 6.92 Å². The summed E-state index contributed by atoms with van der Waals surface area (Å²) in [6.07, 6.45) is -1.12. The van der Waals surface area contributed by atoms with Crippen LogP contribution < -0.4 is 3.71 Å². The molecule has 0 saturated carbocycles. The summed E-state index contributed by atoms with van der Waals surface area (Å²) in [5, 5.41) is -0.627. The Hall–Kier alpha value is -1.53. The van der Waals surface area contributed by atoms with Crippen molar-refractivity contribution in [2.24, 2.45) is 0 Å². The first-order chi connectivity index (χ1) is 13.0. The zero-order valence-electron chi connectivity index (χ0n) is 14.8. The molecule has 1 aromatic rings. The summed E-state index contributed by atoms with van der Waals surface area (Å²) < 4.78 is 94.5. The lowest BCUT2D eigenvalue weighted by atomic mass is 10.2. The normalized spacial score (nSPS) is 12.0. The fraction of sp³-hybridized carbons (Fsp3) is 0.533. The Labute approximate surface area is 166 Å². The maximum atomic E-state index is 15.0. The van der Waals surface area contributed by atoms with Gasteiger partial charge in [-0.2, -0.15) is 3.71 Å². The van der Waals surface area contributed by atoms with Crippen molar-refractivity contribution in [3.8, 4) is 0 Å². The van der Waals surface area contributed by atoms with Gasteiger partial charge in [-0.05, 0) is 31.9 Å². The molecule has 160 valence electrons. The van der Waals surface area contributed by atoms with Crippen LogP contribution in [0, 0.1) is 5.82 Å². The minimum absolute atomic E-state index is 0.121. The summed E-state index contributed by atoms with van der Waals surface area (Å²) in [4.78, 5) is 11.9. The highest BCUT2D eigenvalue weighted by Crippen LogP contribution is 2.36. The molecule has 7 nitrogen and oxygen atoms in total. The molecule has 28 heavy (non-hydrogen) atoms. The van der Waals surface area contributed by atoms with Crippen molar-refractivity contribution in [1.82, 2.24) is 0 Å². The third-order valence-corrected chi connectivity index (χ3v) is 7.97. The molecule has 0 heterocycles. The first kappa shape index (κ1) is 24.5. The number of rotatable bonds is 11. The molecule has 0 aliphatic heterocycles. The number of carbonyl (C=O) groups is 1. The van der Waals surface area contributed by atoms with Crippen LogP contribution in [0.3, 0.4) is 0 Å². The molecule has 0 fully saturated rings. The lowest BCUT2D eigenvalue weighted by Gasteiger charge is -2.25. The van der Waals surface area contributed by atoms with Crippen LogP contribution in [-0.2, 0) is 24.8 Å². The predicted molar refractivity (Wildman–Crippen MR) is 98.6 cm³/mol. The summed E-state index contributed by atoms with van der Waals surface area (Å²) in [6, 6.07) is 1.83. The Morgan fingerprint density at radius 2 is 1.57 bits per heavy atom. The standard InChI is InChI=1S/C15H19ClF3NO6S2/c1-2-26-15(21)11-5-6-12(16)14(13(11)19)20(27(22,23)9-3-7-17)28(24,25)10-4-8-18/h5-6H,2-4,7-10H2,1H3. The maximum Gasteiger partial charge on any atom is 0.341 e. The van der Waals surface area contributed by atoms with E-state index >= 15 is 0 Å². The molecule has 0 aliphatic rings. The van der Waals surface area contributed by atoms with Gasteiger partial charge in [0, 0.05) is 0 Å². The van der Waals surface area contributed by atoms with E-state index in [0.717, 1.165) is 12.1 Å². The van der Waals surface area contributed by atoms with Gasteiger partial charge in [0.15, 0.2) is 5.82 Å². The Morgan fingerprint density at radius 1 is 1.07 bits per heavy atom. The molecule has 0 atom stereocenters. The van der Waals surface area contributed by atoms with Crippen molar-refractivity contribution in [3.63, 3.8) is 0 Å². The largest absolute Gasteiger partial charge is 0.462 e. The molecule has 1 aromatic carbocycles. The quantitative estimate of drug-likeness (QED) is 0.466. The minimum atomic E-state index is -4.82. The number of anilines is 1. The number of ether oxygens (including phenoxy) is 1. The maximum absolute atomic E-state index is 15.0. The molecule has 0 unspecified atom stereocenters. The second-order valence-electron chi connectivity index (χ2n) is 5.39. The molecular weight excluding hydrogens is 447 g/mol. The topological polar surface area (TPSA) is 97.8 Å². The van der Waals surface area contributed by atoms with Gasteiger partial charge in [0.25, 0.3) is 0 Å². The molecule has 0 saturated heterocycles. The van der Waals surface area contributed by atoms with Crippen LogP contribution in [0.25, 0.3) is 0 Å². The van der Waals surface area contributed by atoms with Crippen LogP contribution in [0.15, 0.2) is 12.1 Å². The minimum Gasteiger partial charge on any atom is -0.462 e. The van der Waals surface area contributed by atoms with Gasteiger partial charge < -0.3 is 4.74 Å². The van der Waals surface area contributed by atoms with Gasteiger partial charge in [-0.3, -0.25) is 8.78 Å². The third-order valence-electron chi connectivity index (χ3n) is 3.32. The van der Waals surface area contributed by atoms with E-state index < -0.39 is 85.8 Å². The first-order valence-corrected chi connectivity index (χ1v) is 11.7. The molecule has 1 rings (SSSR count). The zero-order valence-corrected chi connectivity index (χ0v) is 17.2. The van der Waals surface area contributed by atoms with E-state index in [2.05, 4.69) is 4.74 Å². The molecule has 0 bridgehead atoms. The van der Waals surface area contributed by atoms with Crippen LogP contribution >= 0.6 is 11.6 Å². The highest BCUT2D eigenvalue weighted by molar-refractivity contribution is 8.10. The number of sulfonamides is 2. The molecule has 13 heteroatoms. The fourth-order valence-electron chi connectivity index (χ4n) is 2.17. The Morgan fingerprint density at radius 3 is 2.00 bits per heavy atom. The van der Waals surface area contributed by atoms with Gasteiger partial charge in [-0.15, -0.1) is 0 Å². The molecule has 0 amide bonds. The Kier molecular flexibility index (Phi) is 9.02. The van der Waals surface area contributed by atoms with E-state index in [4.69, 9.17) is 11.6 Å². The highest BCUT2D eigenvalue weighted by atomic mass is 35.5. The average Bonchev–Trinajstić information content (AvgIpc) is 2.61. The number of hydrogen-bond acceptors (Lipinski definition) is 6. The van der Waals surface area contributed by atoms with Gasteiger partial charge in [0.2, 0.25) is 20.0 Å².